The predicted octanol–water partition coefficient (Wildman–Crippen LogP) is 6.10. The van der Waals surface area contributed by atoms with Crippen LogP contribution in [-0.4, -0.2) is 25.0 Å². The number of anilines is 2. The maximum Gasteiger partial charge on any atom is 0.516 e. The molecular weight excluding hydrogens is 551 g/mol. The van der Waals surface area contributed by atoms with E-state index >= 15 is 0 Å². The minimum Gasteiger partial charge on any atom is -0.489 e. The smallest absolute Gasteiger partial charge is 0.489 e. The van der Waals surface area contributed by atoms with Gasteiger partial charge in [-0.2, -0.15) is 26.6 Å². The monoisotopic (exact) mass is 573 g/mol. The number of fused-ring (bicyclic) bond motifs is 1. The number of hydrogen-bond acceptors (Lipinski definition) is 6. The van der Waals surface area contributed by atoms with Crippen molar-refractivity contribution in [2.45, 2.75) is 31.4 Å². The lowest BCUT2D eigenvalue weighted by atomic mass is 10.1. The van der Waals surface area contributed by atoms with Gasteiger partial charge < -0.3 is 10.1 Å². The van der Waals surface area contributed by atoms with E-state index in [9.17, 15) is 26.4 Å². The number of hydrogen-bond donors (Lipinski definition) is 2. The van der Waals surface area contributed by atoms with Crippen LogP contribution in [0.1, 0.15) is 28.7 Å². The number of ether oxygens (including phenoxy) is 1. The number of sulfonamides is 1. The number of thioether (sulfide) groups is 1. The van der Waals surface area contributed by atoms with E-state index < -0.39 is 21.4 Å². The Bertz CT molecular complexity index is 1570. The van der Waals surface area contributed by atoms with Crippen LogP contribution in [0.25, 0.3) is 6.08 Å². The van der Waals surface area contributed by atoms with Gasteiger partial charge in [0.05, 0.1) is 4.91 Å². The van der Waals surface area contributed by atoms with Gasteiger partial charge in [0.2, 0.25) is 0 Å². The first-order chi connectivity index (χ1) is 18.6. The highest BCUT2D eigenvalue weighted by atomic mass is 32.2. The van der Waals surface area contributed by atoms with Gasteiger partial charge >= 0.3 is 15.5 Å². The van der Waals surface area contributed by atoms with Gasteiger partial charge in [0, 0.05) is 11.4 Å². The number of amides is 1. The molecule has 39 heavy (non-hydrogen) atoms. The van der Waals surface area contributed by atoms with Gasteiger partial charge in [-0.15, -0.1) is 0 Å². The average molecular weight is 574 g/mol. The molecule has 2 aliphatic rings. The molecule has 3 aromatic carbocycles. The van der Waals surface area contributed by atoms with Crippen molar-refractivity contribution in [2.24, 2.45) is 4.99 Å². The number of aryl methyl sites for hydroxylation is 2. The number of nitrogens with zero attached hydrogens (tertiary/aromatic N) is 1. The van der Waals surface area contributed by atoms with Crippen molar-refractivity contribution in [1.82, 2.24) is 0 Å². The van der Waals surface area contributed by atoms with E-state index in [1.807, 2.05) is 24.3 Å². The van der Waals surface area contributed by atoms with Gasteiger partial charge in [0.15, 0.2) is 5.17 Å². The van der Waals surface area contributed by atoms with Crippen molar-refractivity contribution < 1.29 is 31.1 Å². The molecule has 1 aliphatic carbocycles. The first-order valence-electron chi connectivity index (χ1n) is 11.9. The van der Waals surface area contributed by atoms with Crippen LogP contribution in [-0.2, 0) is 34.3 Å². The maximum absolute atomic E-state index is 12.5. The fourth-order valence-corrected chi connectivity index (χ4v) is 5.51. The average Bonchev–Trinajstić information content (AvgIpc) is 3.49. The lowest BCUT2D eigenvalue weighted by Crippen LogP contribution is -2.29. The van der Waals surface area contributed by atoms with Crippen molar-refractivity contribution in [2.75, 3.05) is 10.0 Å². The molecule has 0 aromatic heterocycles. The van der Waals surface area contributed by atoms with E-state index in [1.165, 1.54) is 46.5 Å². The lowest BCUT2D eigenvalue weighted by Gasteiger charge is -2.11. The third-order valence-electron chi connectivity index (χ3n) is 6.06. The van der Waals surface area contributed by atoms with Gasteiger partial charge in [-0.3, -0.25) is 9.52 Å². The number of aliphatic imine (C=N–C) groups is 1. The zero-order valence-corrected chi connectivity index (χ0v) is 21.9. The molecule has 202 valence electrons. The Labute approximate surface area is 227 Å². The number of alkyl halides is 3. The quantitative estimate of drug-likeness (QED) is 0.332. The first kappa shape index (κ1) is 26.8. The summed E-state index contributed by atoms with van der Waals surface area (Å²) in [6, 6.07) is 18.9. The number of carbonyl (C=O) groups is 1. The largest absolute Gasteiger partial charge is 0.516 e. The summed E-state index contributed by atoms with van der Waals surface area (Å²) in [5, 5.41) is 3.18. The predicted molar refractivity (Wildman–Crippen MR) is 146 cm³/mol. The van der Waals surface area contributed by atoms with Crippen molar-refractivity contribution in [3.63, 3.8) is 0 Å². The summed E-state index contributed by atoms with van der Waals surface area (Å²) in [4.78, 5) is 16.7. The minimum atomic E-state index is -5.51. The van der Waals surface area contributed by atoms with E-state index in [0.717, 1.165) is 35.7 Å². The first-order valence-corrected chi connectivity index (χ1v) is 14.2. The van der Waals surface area contributed by atoms with E-state index in [2.05, 4.69) is 28.5 Å². The Morgan fingerprint density at radius 2 is 1.64 bits per heavy atom. The summed E-state index contributed by atoms with van der Waals surface area (Å²) >= 11 is 1.11. The van der Waals surface area contributed by atoms with Gasteiger partial charge in [0.1, 0.15) is 12.4 Å². The summed E-state index contributed by atoms with van der Waals surface area (Å²) in [5.74, 6) is 0.275. The Hall–Kier alpha value is -3.77. The lowest BCUT2D eigenvalue weighted by molar-refractivity contribution is -0.113. The molecule has 12 heteroatoms. The molecule has 7 nitrogen and oxygen atoms in total. The van der Waals surface area contributed by atoms with Gasteiger partial charge in [-0.25, -0.2) is 0 Å². The van der Waals surface area contributed by atoms with E-state index in [1.54, 1.807) is 6.08 Å². The Morgan fingerprint density at radius 1 is 0.949 bits per heavy atom. The molecule has 0 fully saturated rings. The molecule has 0 saturated carbocycles. The van der Waals surface area contributed by atoms with Crippen LogP contribution < -0.4 is 14.8 Å². The van der Waals surface area contributed by atoms with Crippen LogP contribution in [0.5, 0.6) is 5.75 Å². The second kappa shape index (κ2) is 10.8. The molecule has 0 saturated heterocycles. The zero-order valence-electron chi connectivity index (χ0n) is 20.3. The molecule has 1 amide bonds. The van der Waals surface area contributed by atoms with Crippen LogP contribution in [0.15, 0.2) is 76.6 Å². The molecule has 0 atom stereocenters. The number of rotatable bonds is 7. The highest BCUT2D eigenvalue weighted by Gasteiger charge is 2.46. The minimum absolute atomic E-state index is 0.254. The highest BCUT2D eigenvalue weighted by molar-refractivity contribution is 8.18. The molecular formula is C27H22F3N3O4S2. The number of benzene rings is 3. The van der Waals surface area contributed by atoms with Crippen LogP contribution in [0, 0.1) is 0 Å². The molecule has 0 bridgehead atoms. The number of halogens is 3. The van der Waals surface area contributed by atoms with Gasteiger partial charge in [-0.1, -0.05) is 30.3 Å². The molecule has 1 heterocycles. The second-order valence-electron chi connectivity index (χ2n) is 8.90. The topological polar surface area (TPSA) is 96.9 Å². The van der Waals surface area contributed by atoms with Crippen LogP contribution >= 0.6 is 11.8 Å². The standard InChI is InChI=1S/C27H22F3N3O4S2/c28-27(29,30)39(35,36)33-22-10-8-21(9-11-22)31-26-32-25(34)24(38-26)15-17-5-12-23(13-6-17)37-16-18-4-7-19-2-1-3-20(19)14-18/h4-15,33H,1-3,16H2,(H,31,32,34)/b24-15-. The summed E-state index contributed by atoms with van der Waals surface area (Å²) < 4.78 is 67.4. The fraction of sp³-hybridized carbons (Fsp3) is 0.185. The molecule has 3 aromatic rings. The summed E-state index contributed by atoms with van der Waals surface area (Å²) in [6.45, 7) is 0.472. The van der Waals surface area contributed by atoms with Gasteiger partial charge in [0.25, 0.3) is 5.91 Å². The van der Waals surface area contributed by atoms with Crippen molar-refractivity contribution in [1.29, 1.82) is 0 Å². The summed E-state index contributed by atoms with van der Waals surface area (Å²) in [6.07, 6.45) is 5.16. The van der Waals surface area contributed by atoms with Crippen LogP contribution in [0.2, 0.25) is 0 Å². The third-order valence-corrected chi connectivity index (χ3v) is 8.07. The van der Waals surface area contributed by atoms with Crippen molar-refractivity contribution in [3.8, 4) is 5.75 Å². The molecule has 2 N–H and O–H groups in total. The number of amidine groups is 1. The van der Waals surface area contributed by atoms with Gasteiger partial charge in [-0.05, 0) is 95.8 Å². The normalized spacial score (nSPS) is 16.2. The molecule has 0 radical (unpaired) electrons. The maximum atomic E-state index is 12.5. The third kappa shape index (κ3) is 6.45. The number of nitrogens with one attached hydrogen (secondary N) is 2. The Kier molecular flexibility index (Phi) is 7.41. The van der Waals surface area contributed by atoms with E-state index in [-0.39, 0.29) is 10.9 Å². The Morgan fingerprint density at radius 3 is 2.36 bits per heavy atom. The molecule has 0 unspecified atom stereocenters. The van der Waals surface area contributed by atoms with Crippen LogP contribution in [0.4, 0.5) is 24.5 Å². The van der Waals surface area contributed by atoms with E-state index in [0.29, 0.717) is 22.9 Å². The number of carbonyl (C=O) groups excluding carboxylic acids is 1. The molecule has 0 spiro atoms. The molecule has 5 rings (SSSR count). The van der Waals surface area contributed by atoms with Crippen LogP contribution in [0.3, 0.4) is 0 Å². The molecule has 1 aliphatic heterocycles. The highest BCUT2D eigenvalue weighted by Crippen LogP contribution is 2.31. The summed E-state index contributed by atoms with van der Waals surface area (Å²) in [5.41, 5.74) is -0.524. The van der Waals surface area contributed by atoms with E-state index in [4.69, 9.17) is 4.74 Å². The Balaban J connectivity index is 1.15. The fourth-order valence-electron chi connectivity index (χ4n) is 4.11. The SMILES string of the molecule is O=C1N=C(Nc2ccc(NS(=O)(=O)C(F)(F)F)cc2)S/C1=C\c1ccc(OCc2ccc3c(c2)CCC3)cc1. The summed E-state index contributed by atoms with van der Waals surface area (Å²) in [7, 11) is -5.51. The van der Waals surface area contributed by atoms with Crippen molar-refractivity contribution >= 4 is 50.3 Å². The second-order valence-corrected chi connectivity index (χ2v) is 11.6. The van der Waals surface area contributed by atoms with Crippen molar-refractivity contribution in [3.05, 3.63) is 93.9 Å². The zero-order chi connectivity index (χ0) is 27.6.